The van der Waals surface area contributed by atoms with Gasteiger partial charge >= 0.3 is 0 Å². The first-order chi connectivity index (χ1) is 15.1. The molecule has 2 amide bonds. The predicted molar refractivity (Wildman–Crippen MR) is 120 cm³/mol. The fraction of sp³-hybridized carbons (Fsp3) is 0.440. The van der Waals surface area contributed by atoms with Crippen molar-refractivity contribution in [2.45, 2.75) is 25.8 Å². The number of benzene rings is 2. The lowest BCUT2D eigenvalue weighted by Gasteiger charge is -2.38. The SMILES string of the molecule is COc1cc(C(=O)N2CCN(C(=O)C(c3ccccc3)N3CCCC3)CC2)ccc1C. The van der Waals surface area contributed by atoms with E-state index in [9.17, 15) is 9.59 Å². The Bertz CT molecular complexity index is 917. The molecule has 2 saturated heterocycles. The number of likely N-dealkylation sites (tertiary alicyclic amines) is 1. The zero-order valence-electron chi connectivity index (χ0n) is 18.4. The molecule has 0 aromatic heterocycles. The smallest absolute Gasteiger partial charge is 0.254 e. The Kier molecular flexibility index (Phi) is 6.56. The standard InChI is InChI=1S/C25H31N3O3/c1-19-10-11-21(18-22(19)31-2)24(29)27-14-16-28(17-15-27)25(30)23(26-12-6-7-13-26)20-8-4-3-5-9-20/h3-5,8-11,18,23H,6-7,12-17H2,1-2H3. The van der Waals surface area contributed by atoms with Crippen molar-refractivity contribution >= 4 is 11.8 Å². The lowest BCUT2D eigenvalue weighted by molar-refractivity contribution is -0.138. The van der Waals surface area contributed by atoms with Crippen LogP contribution >= 0.6 is 0 Å². The van der Waals surface area contributed by atoms with E-state index in [0.717, 1.165) is 42.8 Å². The normalized spacial score (nSPS) is 18.1. The molecule has 4 rings (SSSR count). The zero-order valence-corrected chi connectivity index (χ0v) is 18.4. The van der Waals surface area contributed by atoms with E-state index in [4.69, 9.17) is 4.74 Å². The second-order valence-electron chi connectivity index (χ2n) is 8.36. The molecule has 0 N–H and O–H groups in total. The Labute approximate surface area is 184 Å². The molecule has 2 aliphatic heterocycles. The molecule has 2 fully saturated rings. The van der Waals surface area contributed by atoms with Gasteiger partial charge in [-0.2, -0.15) is 0 Å². The average molecular weight is 422 g/mol. The van der Waals surface area contributed by atoms with Gasteiger partial charge in [0.15, 0.2) is 0 Å². The highest BCUT2D eigenvalue weighted by molar-refractivity contribution is 5.95. The number of carbonyl (C=O) groups is 2. The average Bonchev–Trinajstić information content (AvgIpc) is 3.34. The molecule has 1 unspecified atom stereocenters. The van der Waals surface area contributed by atoms with Gasteiger partial charge in [-0.15, -0.1) is 0 Å². The molecule has 0 radical (unpaired) electrons. The van der Waals surface area contributed by atoms with Crippen LogP contribution in [0.1, 0.15) is 40.4 Å². The van der Waals surface area contributed by atoms with Crippen LogP contribution in [0, 0.1) is 6.92 Å². The molecular weight excluding hydrogens is 390 g/mol. The third kappa shape index (κ3) is 4.59. The minimum Gasteiger partial charge on any atom is -0.496 e. The quantitative estimate of drug-likeness (QED) is 0.744. The zero-order chi connectivity index (χ0) is 21.8. The molecule has 2 aliphatic rings. The second-order valence-corrected chi connectivity index (χ2v) is 8.36. The third-order valence-corrected chi connectivity index (χ3v) is 6.39. The molecule has 0 saturated carbocycles. The van der Waals surface area contributed by atoms with E-state index in [-0.39, 0.29) is 17.9 Å². The van der Waals surface area contributed by atoms with Crippen molar-refractivity contribution in [2.75, 3.05) is 46.4 Å². The van der Waals surface area contributed by atoms with Gasteiger partial charge in [0.05, 0.1) is 7.11 Å². The van der Waals surface area contributed by atoms with Gasteiger partial charge in [-0.05, 0) is 56.1 Å². The number of piperazine rings is 1. The molecule has 2 heterocycles. The maximum atomic E-state index is 13.5. The summed E-state index contributed by atoms with van der Waals surface area (Å²) in [5.74, 6) is 0.859. The topological polar surface area (TPSA) is 53.1 Å². The Morgan fingerprint density at radius 3 is 2.16 bits per heavy atom. The lowest BCUT2D eigenvalue weighted by Crippen LogP contribution is -2.53. The summed E-state index contributed by atoms with van der Waals surface area (Å²) < 4.78 is 5.36. The molecule has 164 valence electrons. The van der Waals surface area contributed by atoms with Crippen molar-refractivity contribution in [1.82, 2.24) is 14.7 Å². The Morgan fingerprint density at radius 2 is 1.52 bits per heavy atom. The van der Waals surface area contributed by atoms with Crippen LogP contribution < -0.4 is 4.74 Å². The number of aryl methyl sites for hydroxylation is 1. The van der Waals surface area contributed by atoms with Gasteiger partial charge in [-0.3, -0.25) is 14.5 Å². The van der Waals surface area contributed by atoms with E-state index >= 15 is 0 Å². The maximum Gasteiger partial charge on any atom is 0.254 e. The fourth-order valence-electron chi connectivity index (χ4n) is 4.58. The van der Waals surface area contributed by atoms with Crippen molar-refractivity contribution in [3.8, 4) is 5.75 Å². The van der Waals surface area contributed by atoms with Crippen LogP contribution in [-0.2, 0) is 4.79 Å². The summed E-state index contributed by atoms with van der Waals surface area (Å²) in [4.78, 5) is 32.6. The predicted octanol–water partition coefficient (Wildman–Crippen LogP) is 3.13. The van der Waals surface area contributed by atoms with E-state index < -0.39 is 0 Å². The molecule has 0 spiro atoms. The number of hydrogen-bond donors (Lipinski definition) is 0. The van der Waals surface area contributed by atoms with Crippen molar-refractivity contribution in [3.63, 3.8) is 0 Å². The summed E-state index contributed by atoms with van der Waals surface area (Å²) in [7, 11) is 1.62. The number of hydrogen-bond acceptors (Lipinski definition) is 4. The number of carbonyl (C=O) groups excluding carboxylic acids is 2. The molecule has 6 heteroatoms. The summed E-state index contributed by atoms with van der Waals surface area (Å²) >= 11 is 0. The number of nitrogens with zero attached hydrogens (tertiary/aromatic N) is 3. The fourth-order valence-corrected chi connectivity index (χ4v) is 4.58. The van der Waals surface area contributed by atoms with Gasteiger partial charge in [0.25, 0.3) is 5.91 Å². The Morgan fingerprint density at radius 1 is 0.871 bits per heavy atom. The number of amides is 2. The largest absolute Gasteiger partial charge is 0.496 e. The van der Waals surface area contributed by atoms with E-state index in [1.165, 1.54) is 0 Å². The van der Waals surface area contributed by atoms with Crippen LogP contribution in [0.5, 0.6) is 5.75 Å². The summed E-state index contributed by atoms with van der Waals surface area (Å²) in [6, 6.07) is 15.4. The summed E-state index contributed by atoms with van der Waals surface area (Å²) in [6.07, 6.45) is 2.28. The molecule has 2 aromatic carbocycles. The van der Waals surface area contributed by atoms with E-state index in [0.29, 0.717) is 31.7 Å². The first-order valence-corrected chi connectivity index (χ1v) is 11.1. The van der Waals surface area contributed by atoms with Gasteiger partial charge in [0.2, 0.25) is 5.91 Å². The first-order valence-electron chi connectivity index (χ1n) is 11.1. The van der Waals surface area contributed by atoms with Crippen molar-refractivity contribution < 1.29 is 14.3 Å². The Hall–Kier alpha value is -2.86. The van der Waals surface area contributed by atoms with Gasteiger partial charge in [-0.25, -0.2) is 0 Å². The number of methoxy groups -OCH3 is 1. The highest BCUT2D eigenvalue weighted by Crippen LogP contribution is 2.28. The van der Waals surface area contributed by atoms with Gasteiger partial charge in [0.1, 0.15) is 11.8 Å². The van der Waals surface area contributed by atoms with E-state index in [1.807, 2.05) is 59.2 Å². The van der Waals surface area contributed by atoms with Gasteiger partial charge in [-0.1, -0.05) is 36.4 Å². The molecule has 0 aliphatic carbocycles. The highest BCUT2D eigenvalue weighted by atomic mass is 16.5. The third-order valence-electron chi connectivity index (χ3n) is 6.39. The first kappa shape index (κ1) is 21.4. The summed E-state index contributed by atoms with van der Waals surface area (Å²) in [6.45, 7) is 6.08. The van der Waals surface area contributed by atoms with E-state index in [2.05, 4.69) is 4.90 Å². The molecular formula is C25H31N3O3. The van der Waals surface area contributed by atoms with Crippen molar-refractivity contribution in [3.05, 3.63) is 65.2 Å². The van der Waals surface area contributed by atoms with Crippen LogP contribution in [0.15, 0.2) is 48.5 Å². The molecule has 6 nitrogen and oxygen atoms in total. The molecule has 0 bridgehead atoms. The minimum absolute atomic E-state index is 0.00967. The van der Waals surface area contributed by atoms with Crippen LogP contribution in [0.25, 0.3) is 0 Å². The van der Waals surface area contributed by atoms with Crippen LogP contribution in [0.3, 0.4) is 0 Å². The number of rotatable bonds is 5. The monoisotopic (exact) mass is 421 g/mol. The Balaban J connectivity index is 1.43. The summed E-state index contributed by atoms with van der Waals surface area (Å²) in [5.41, 5.74) is 2.68. The van der Waals surface area contributed by atoms with Crippen molar-refractivity contribution in [1.29, 1.82) is 0 Å². The lowest BCUT2D eigenvalue weighted by atomic mass is 10.0. The molecule has 2 aromatic rings. The molecule has 31 heavy (non-hydrogen) atoms. The van der Waals surface area contributed by atoms with Crippen LogP contribution in [-0.4, -0.2) is 72.9 Å². The molecule has 1 atom stereocenters. The highest BCUT2D eigenvalue weighted by Gasteiger charge is 2.34. The van der Waals surface area contributed by atoms with Crippen molar-refractivity contribution in [2.24, 2.45) is 0 Å². The second kappa shape index (κ2) is 9.52. The summed E-state index contributed by atoms with van der Waals surface area (Å²) in [5, 5.41) is 0. The maximum absolute atomic E-state index is 13.5. The number of ether oxygens (including phenoxy) is 1. The van der Waals surface area contributed by atoms with Gasteiger partial charge in [0, 0.05) is 31.7 Å². The van der Waals surface area contributed by atoms with Crippen LogP contribution in [0.2, 0.25) is 0 Å². The minimum atomic E-state index is -0.229. The van der Waals surface area contributed by atoms with E-state index in [1.54, 1.807) is 13.2 Å². The van der Waals surface area contributed by atoms with Gasteiger partial charge < -0.3 is 14.5 Å². The van der Waals surface area contributed by atoms with Crippen LogP contribution in [0.4, 0.5) is 0 Å².